The fourth-order valence-corrected chi connectivity index (χ4v) is 4.71. The van der Waals surface area contributed by atoms with Crippen LogP contribution in [0.4, 0.5) is 0 Å². The van der Waals surface area contributed by atoms with Crippen LogP contribution in [0.3, 0.4) is 0 Å². The van der Waals surface area contributed by atoms with Gasteiger partial charge in [-0.15, -0.1) is 0 Å². The highest BCUT2D eigenvalue weighted by molar-refractivity contribution is 6.05. The molecule has 3 aromatic rings. The number of hydrogen-bond donors (Lipinski definition) is 1. The molecular formula is C23H25N3O. The minimum absolute atomic E-state index is 0.150. The number of carbonyl (C=O) groups is 1. The van der Waals surface area contributed by atoms with E-state index in [1.54, 1.807) is 0 Å². The minimum atomic E-state index is 0.150. The fourth-order valence-electron chi connectivity index (χ4n) is 4.71. The number of hydrogen-bond acceptors (Lipinski definition) is 2. The number of rotatable bonds is 2. The molecule has 0 saturated carbocycles. The third kappa shape index (κ3) is 3.04. The molecule has 1 aliphatic heterocycles. The summed E-state index contributed by atoms with van der Waals surface area (Å²) in [6, 6.07) is 17.4. The van der Waals surface area contributed by atoms with Crippen molar-refractivity contribution in [3.8, 4) is 0 Å². The Morgan fingerprint density at radius 3 is 2.59 bits per heavy atom. The van der Waals surface area contributed by atoms with Crippen molar-refractivity contribution in [2.24, 2.45) is 0 Å². The van der Waals surface area contributed by atoms with Gasteiger partial charge in [0, 0.05) is 43.8 Å². The van der Waals surface area contributed by atoms with Crippen molar-refractivity contribution < 1.29 is 4.79 Å². The summed E-state index contributed by atoms with van der Waals surface area (Å²) in [7, 11) is 0. The summed E-state index contributed by atoms with van der Waals surface area (Å²) >= 11 is 0. The van der Waals surface area contributed by atoms with Crippen molar-refractivity contribution >= 4 is 16.8 Å². The van der Waals surface area contributed by atoms with Crippen LogP contribution in [0.15, 0.2) is 54.7 Å². The lowest BCUT2D eigenvalue weighted by Crippen LogP contribution is -2.53. The molecule has 1 saturated heterocycles. The number of nitrogens with one attached hydrogen (secondary N) is 1. The number of aryl methyl sites for hydroxylation is 1. The quantitative estimate of drug-likeness (QED) is 0.761. The highest BCUT2D eigenvalue weighted by Crippen LogP contribution is 2.26. The number of H-pyrrole nitrogens is 1. The Bertz CT molecular complexity index is 968. The Labute approximate surface area is 159 Å². The van der Waals surface area contributed by atoms with Crippen molar-refractivity contribution in [3.63, 3.8) is 0 Å². The van der Waals surface area contributed by atoms with Crippen LogP contribution in [0.1, 0.15) is 27.9 Å². The number of nitrogens with zero attached hydrogens (tertiary/aromatic N) is 2. The molecule has 0 spiro atoms. The zero-order chi connectivity index (χ0) is 18.2. The molecule has 0 radical (unpaired) electrons. The largest absolute Gasteiger partial charge is 0.361 e. The monoisotopic (exact) mass is 359 g/mol. The molecule has 1 fully saturated rings. The summed E-state index contributed by atoms with van der Waals surface area (Å²) in [4.78, 5) is 20.9. The number of benzene rings is 2. The molecule has 27 heavy (non-hydrogen) atoms. The second kappa shape index (κ2) is 6.86. The van der Waals surface area contributed by atoms with E-state index < -0.39 is 0 Å². The predicted octanol–water partition coefficient (Wildman–Crippen LogP) is 3.48. The van der Waals surface area contributed by atoms with Crippen molar-refractivity contribution in [1.82, 2.24) is 14.8 Å². The van der Waals surface area contributed by atoms with Gasteiger partial charge in [0.15, 0.2) is 0 Å². The maximum absolute atomic E-state index is 13.0. The molecule has 1 aromatic heterocycles. The Hall–Kier alpha value is -2.59. The van der Waals surface area contributed by atoms with E-state index in [0.29, 0.717) is 6.04 Å². The molecule has 2 aromatic carbocycles. The van der Waals surface area contributed by atoms with Gasteiger partial charge in [0.25, 0.3) is 5.91 Å². The van der Waals surface area contributed by atoms with E-state index in [9.17, 15) is 4.79 Å². The van der Waals surface area contributed by atoms with Crippen LogP contribution in [0.5, 0.6) is 0 Å². The SMILES string of the molecule is O=C(c1cccc2cc[nH]c12)N1CCN([C@@H]2CCc3ccccc3C2)CC1. The normalized spacial score (nSPS) is 20.6. The van der Waals surface area contributed by atoms with Gasteiger partial charge in [0.1, 0.15) is 0 Å². The van der Waals surface area contributed by atoms with Gasteiger partial charge in [-0.25, -0.2) is 0 Å². The summed E-state index contributed by atoms with van der Waals surface area (Å²) < 4.78 is 0. The molecule has 4 nitrogen and oxygen atoms in total. The van der Waals surface area contributed by atoms with Crippen molar-refractivity contribution in [2.45, 2.75) is 25.3 Å². The van der Waals surface area contributed by atoms with Crippen LogP contribution in [0.2, 0.25) is 0 Å². The standard InChI is InChI=1S/C23H25N3O/c27-23(21-7-3-6-18-10-11-24-22(18)21)26-14-12-25(13-15-26)20-9-8-17-4-1-2-5-19(17)16-20/h1-7,10-11,20,24H,8-9,12-16H2/t20-/m1/s1. The van der Waals surface area contributed by atoms with Crippen molar-refractivity contribution in [1.29, 1.82) is 0 Å². The number of amides is 1. The lowest BCUT2D eigenvalue weighted by Gasteiger charge is -2.41. The topological polar surface area (TPSA) is 39.3 Å². The third-order valence-corrected chi connectivity index (χ3v) is 6.26. The molecule has 5 rings (SSSR count). The van der Waals surface area contributed by atoms with Crippen molar-refractivity contribution in [2.75, 3.05) is 26.2 Å². The lowest BCUT2D eigenvalue weighted by molar-refractivity contribution is 0.0554. The Balaban J connectivity index is 1.25. The van der Waals surface area contributed by atoms with E-state index in [1.165, 1.54) is 24.0 Å². The van der Waals surface area contributed by atoms with Crippen LogP contribution in [-0.4, -0.2) is 52.9 Å². The molecule has 138 valence electrons. The Kier molecular flexibility index (Phi) is 4.21. The van der Waals surface area contributed by atoms with Gasteiger partial charge in [0.05, 0.1) is 11.1 Å². The third-order valence-electron chi connectivity index (χ3n) is 6.26. The van der Waals surface area contributed by atoms with Gasteiger partial charge in [-0.2, -0.15) is 0 Å². The van der Waals surface area contributed by atoms with Gasteiger partial charge >= 0.3 is 0 Å². The summed E-state index contributed by atoms with van der Waals surface area (Å²) in [5.41, 5.74) is 4.76. The van der Waals surface area contributed by atoms with E-state index in [-0.39, 0.29) is 5.91 Å². The molecule has 2 aliphatic rings. The lowest BCUT2D eigenvalue weighted by atomic mass is 9.87. The maximum atomic E-state index is 13.0. The van der Waals surface area contributed by atoms with Gasteiger partial charge in [-0.1, -0.05) is 36.4 Å². The van der Waals surface area contributed by atoms with Crippen molar-refractivity contribution in [3.05, 3.63) is 71.4 Å². The average molecular weight is 359 g/mol. The first-order valence-corrected chi connectivity index (χ1v) is 9.96. The van der Waals surface area contributed by atoms with Gasteiger partial charge in [-0.3, -0.25) is 9.69 Å². The molecule has 1 N–H and O–H groups in total. The number of carbonyl (C=O) groups excluding carboxylic acids is 1. The number of fused-ring (bicyclic) bond motifs is 2. The Morgan fingerprint density at radius 1 is 0.926 bits per heavy atom. The summed E-state index contributed by atoms with van der Waals surface area (Å²) in [5.74, 6) is 0.150. The zero-order valence-electron chi connectivity index (χ0n) is 15.5. The number of aromatic nitrogens is 1. The first-order valence-electron chi connectivity index (χ1n) is 9.96. The van der Waals surface area contributed by atoms with Crippen LogP contribution < -0.4 is 0 Å². The first-order chi connectivity index (χ1) is 13.3. The highest BCUT2D eigenvalue weighted by atomic mass is 16.2. The van der Waals surface area contributed by atoms with E-state index in [1.807, 2.05) is 35.4 Å². The number of aromatic amines is 1. The molecule has 0 bridgehead atoms. The summed E-state index contributed by atoms with van der Waals surface area (Å²) in [5, 5.41) is 1.10. The van der Waals surface area contributed by atoms with E-state index in [4.69, 9.17) is 0 Å². The smallest absolute Gasteiger partial charge is 0.256 e. The molecule has 0 unspecified atom stereocenters. The maximum Gasteiger partial charge on any atom is 0.256 e. The highest BCUT2D eigenvalue weighted by Gasteiger charge is 2.29. The number of para-hydroxylation sites is 1. The molecule has 4 heteroatoms. The predicted molar refractivity (Wildman–Crippen MR) is 108 cm³/mol. The molecule has 1 atom stereocenters. The van der Waals surface area contributed by atoms with E-state index in [2.05, 4.69) is 34.1 Å². The summed E-state index contributed by atoms with van der Waals surface area (Å²) in [6.45, 7) is 3.57. The second-order valence-corrected chi connectivity index (χ2v) is 7.74. The molecule has 1 aliphatic carbocycles. The fraction of sp³-hybridized carbons (Fsp3) is 0.348. The molecular weight excluding hydrogens is 334 g/mol. The van der Waals surface area contributed by atoms with Crippen LogP contribution in [0.25, 0.3) is 10.9 Å². The second-order valence-electron chi connectivity index (χ2n) is 7.74. The van der Waals surface area contributed by atoms with Gasteiger partial charge < -0.3 is 9.88 Å². The van der Waals surface area contributed by atoms with Gasteiger partial charge in [0.2, 0.25) is 0 Å². The first kappa shape index (κ1) is 16.6. The Morgan fingerprint density at radius 2 is 1.74 bits per heavy atom. The molecule has 2 heterocycles. The van der Waals surface area contributed by atoms with Crippen LogP contribution in [0, 0.1) is 0 Å². The van der Waals surface area contributed by atoms with Gasteiger partial charge in [-0.05, 0) is 42.5 Å². The average Bonchev–Trinajstić information content (AvgIpc) is 3.22. The number of piperazine rings is 1. The van der Waals surface area contributed by atoms with E-state index in [0.717, 1.165) is 49.1 Å². The zero-order valence-corrected chi connectivity index (χ0v) is 15.5. The van der Waals surface area contributed by atoms with E-state index >= 15 is 0 Å². The van der Waals surface area contributed by atoms with Crippen LogP contribution in [-0.2, 0) is 12.8 Å². The summed E-state index contributed by atoms with van der Waals surface area (Å²) in [6.07, 6.45) is 5.45. The van der Waals surface area contributed by atoms with Crippen LogP contribution >= 0.6 is 0 Å². The molecule has 1 amide bonds. The minimum Gasteiger partial charge on any atom is -0.361 e.